The Hall–Kier alpha value is -1.59. The van der Waals surface area contributed by atoms with E-state index >= 15 is 0 Å². The van der Waals surface area contributed by atoms with Crippen LogP contribution in [-0.4, -0.2) is 6.66 Å². The first-order chi connectivity index (χ1) is 8.24. The third-order valence-corrected chi connectivity index (χ3v) is 5.41. The lowest BCUT2D eigenvalue weighted by Crippen LogP contribution is -2.00. The minimum Gasteiger partial charge on any atom is -0.259 e. The van der Waals surface area contributed by atoms with Gasteiger partial charge in [-0.15, -0.1) is 0 Å². The molecule has 1 nitrogen and oxygen atoms in total. The van der Waals surface area contributed by atoms with Gasteiger partial charge >= 0.3 is 0 Å². The van der Waals surface area contributed by atoms with Crippen LogP contribution in [0.1, 0.15) is 0 Å². The molecule has 2 heteroatoms. The Bertz CT molecular complexity index is 544. The fourth-order valence-electron chi connectivity index (χ4n) is 1.67. The highest BCUT2D eigenvalue weighted by molar-refractivity contribution is 7.76. The summed E-state index contributed by atoms with van der Waals surface area (Å²) in [6.45, 7) is 6.14. The highest BCUT2D eigenvalue weighted by atomic mass is 31.2. The van der Waals surface area contributed by atoms with Gasteiger partial charge in [-0.1, -0.05) is 55.1 Å². The van der Waals surface area contributed by atoms with Gasteiger partial charge in [-0.25, -0.2) is 0 Å². The van der Waals surface area contributed by atoms with Gasteiger partial charge in [0.25, 0.3) is 0 Å². The van der Waals surface area contributed by atoms with Crippen LogP contribution in [-0.2, 0) is 0 Å². The number of rotatable bonds is 3. The van der Waals surface area contributed by atoms with Crippen LogP contribution in [0.2, 0.25) is 0 Å². The lowest BCUT2D eigenvalue weighted by molar-refractivity contribution is 1.55. The van der Waals surface area contributed by atoms with E-state index in [2.05, 4.69) is 37.5 Å². The van der Waals surface area contributed by atoms with Gasteiger partial charge in [0.1, 0.15) is 0 Å². The molecule has 0 fully saturated rings. The molecule has 0 saturated heterocycles. The van der Waals surface area contributed by atoms with Crippen molar-refractivity contribution in [3.8, 4) is 0 Å². The molecular weight excluding hydrogens is 225 g/mol. The van der Waals surface area contributed by atoms with Gasteiger partial charge in [0.05, 0.1) is 5.69 Å². The summed E-state index contributed by atoms with van der Waals surface area (Å²) < 4.78 is 4.87. The molecule has 17 heavy (non-hydrogen) atoms. The molecule has 2 aromatic rings. The van der Waals surface area contributed by atoms with E-state index in [9.17, 15) is 0 Å². The van der Waals surface area contributed by atoms with E-state index in [1.54, 1.807) is 0 Å². The van der Waals surface area contributed by atoms with Crippen LogP contribution in [0.4, 0.5) is 5.69 Å². The molecular formula is C15H16NP. The highest BCUT2D eigenvalue weighted by Gasteiger charge is 2.10. The Kier molecular flexibility index (Phi) is 3.61. The predicted molar refractivity (Wildman–Crippen MR) is 77.6 cm³/mol. The molecule has 86 valence electrons. The van der Waals surface area contributed by atoms with E-state index in [1.165, 1.54) is 5.30 Å². The zero-order chi connectivity index (χ0) is 12.1. The van der Waals surface area contributed by atoms with E-state index < -0.39 is 7.05 Å². The first-order valence-corrected chi connectivity index (χ1v) is 7.84. The maximum Gasteiger partial charge on any atom is 0.0620 e. The standard InChI is InChI=1S/C15H16NP/c1-3-17(2,15-12-8-5-9-13-15)16-14-10-6-4-7-11-14/h3-13H,1H2,2H3. The van der Waals surface area contributed by atoms with Gasteiger partial charge in [-0.05, 0) is 29.9 Å². The molecule has 2 aromatic carbocycles. The molecule has 0 heterocycles. The maximum atomic E-state index is 4.87. The molecule has 0 N–H and O–H groups in total. The molecule has 0 aliphatic rings. The number of hydrogen-bond donors (Lipinski definition) is 0. The fraction of sp³-hybridized carbons (Fsp3) is 0.0667. The van der Waals surface area contributed by atoms with Crippen LogP contribution in [0, 0.1) is 0 Å². The third-order valence-electron chi connectivity index (χ3n) is 2.71. The highest BCUT2D eigenvalue weighted by Crippen LogP contribution is 2.48. The topological polar surface area (TPSA) is 12.4 Å². The van der Waals surface area contributed by atoms with E-state index in [0.29, 0.717) is 0 Å². The van der Waals surface area contributed by atoms with Crippen LogP contribution < -0.4 is 5.30 Å². The van der Waals surface area contributed by atoms with Crippen LogP contribution in [0.5, 0.6) is 0 Å². The lowest BCUT2D eigenvalue weighted by Gasteiger charge is -2.15. The average molecular weight is 241 g/mol. The molecule has 0 aromatic heterocycles. The van der Waals surface area contributed by atoms with E-state index in [-0.39, 0.29) is 0 Å². The molecule has 2 rings (SSSR count). The van der Waals surface area contributed by atoms with Gasteiger partial charge in [0, 0.05) is 7.05 Å². The molecule has 0 radical (unpaired) electrons. The fourth-order valence-corrected chi connectivity index (χ4v) is 3.47. The molecule has 1 unspecified atom stereocenters. The molecule has 0 aliphatic carbocycles. The molecule has 0 bridgehead atoms. The predicted octanol–water partition coefficient (Wildman–Crippen LogP) is 4.62. The van der Waals surface area contributed by atoms with E-state index in [0.717, 1.165) is 5.69 Å². The minimum atomic E-state index is -1.64. The number of nitrogens with zero attached hydrogens (tertiary/aromatic N) is 1. The van der Waals surface area contributed by atoms with Crippen molar-refractivity contribution >= 4 is 18.0 Å². The third kappa shape index (κ3) is 2.75. The van der Waals surface area contributed by atoms with Crippen molar-refractivity contribution in [3.63, 3.8) is 0 Å². The summed E-state index contributed by atoms with van der Waals surface area (Å²) in [7, 11) is -1.64. The van der Waals surface area contributed by atoms with Crippen molar-refractivity contribution < 1.29 is 0 Å². The summed E-state index contributed by atoms with van der Waals surface area (Å²) in [6.07, 6.45) is 0. The normalized spacial score (nSPS) is 13.7. The largest absolute Gasteiger partial charge is 0.259 e. The monoisotopic (exact) mass is 241 g/mol. The zero-order valence-electron chi connectivity index (χ0n) is 9.95. The molecule has 1 atom stereocenters. The Labute approximate surface area is 103 Å². The van der Waals surface area contributed by atoms with Crippen molar-refractivity contribution in [1.29, 1.82) is 0 Å². The first kappa shape index (κ1) is 11.9. The van der Waals surface area contributed by atoms with Gasteiger partial charge in [0.15, 0.2) is 0 Å². The molecule has 0 spiro atoms. The van der Waals surface area contributed by atoms with E-state index in [4.69, 9.17) is 4.74 Å². The second-order valence-electron chi connectivity index (χ2n) is 3.98. The van der Waals surface area contributed by atoms with E-state index in [1.807, 2.05) is 42.2 Å². The van der Waals surface area contributed by atoms with Crippen molar-refractivity contribution in [1.82, 2.24) is 0 Å². The summed E-state index contributed by atoms with van der Waals surface area (Å²) in [5, 5.41) is 1.26. The summed E-state index contributed by atoms with van der Waals surface area (Å²) in [5.41, 5.74) is 1.02. The summed E-state index contributed by atoms with van der Waals surface area (Å²) in [6, 6.07) is 20.5. The maximum absolute atomic E-state index is 4.87. The lowest BCUT2D eigenvalue weighted by atomic mass is 10.3. The summed E-state index contributed by atoms with van der Waals surface area (Å²) in [4.78, 5) is 0. The average Bonchev–Trinajstić information content (AvgIpc) is 2.41. The second kappa shape index (κ2) is 5.16. The smallest absolute Gasteiger partial charge is 0.0620 e. The second-order valence-corrected chi connectivity index (χ2v) is 7.11. The minimum absolute atomic E-state index is 1.02. The molecule has 0 saturated carbocycles. The van der Waals surface area contributed by atoms with Crippen molar-refractivity contribution in [2.45, 2.75) is 0 Å². The van der Waals surface area contributed by atoms with Gasteiger partial charge in [-0.2, -0.15) is 0 Å². The van der Waals surface area contributed by atoms with Crippen molar-refractivity contribution in [2.24, 2.45) is 4.74 Å². The Morgan fingerprint density at radius 2 is 1.47 bits per heavy atom. The molecule has 0 amide bonds. The number of hydrogen-bond acceptors (Lipinski definition) is 1. The quantitative estimate of drug-likeness (QED) is 0.695. The van der Waals surface area contributed by atoms with Crippen molar-refractivity contribution in [2.75, 3.05) is 6.66 Å². The Morgan fingerprint density at radius 1 is 0.941 bits per heavy atom. The van der Waals surface area contributed by atoms with Gasteiger partial charge < -0.3 is 0 Å². The summed E-state index contributed by atoms with van der Waals surface area (Å²) >= 11 is 0. The van der Waals surface area contributed by atoms with Crippen molar-refractivity contribution in [3.05, 3.63) is 73.1 Å². The van der Waals surface area contributed by atoms with Crippen LogP contribution in [0.3, 0.4) is 0 Å². The SMILES string of the molecule is C=CP(C)(=Nc1ccccc1)c1ccccc1. The number of benzene rings is 2. The zero-order valence-corrected chi connectivity index (χ0v) is 10.8. The van der Waals surface area contributed by atoms with Crippen LogP contribution >= 0.6 is 7.05 Å². The van der Waals surface area contributed by atoms with Gasteiger partial charge in [0.2, 0.25) is 0 Å². The van der Waals surface area contributed by atoms with Crippen LogP contribution in [0.25, 0.3) is 0 Å². The van der Waals surface area contributed by atoms with Gasteiger partial charge in [-0.3, -0.25) is 4.74 Å². The van der Waals surface area contributed by atoms with Crippen LogP contribution in [0.15, 0.2) is 77.8 Å². The Balaban J connectivity index is 2.53. The Morgan fingerprint density at radius 3 is 2.00 bits per heavy atom. The first-order valence-electron chi connectivity index (χ1n) is 5.58. The molecule has 0 aliphatic heterocycles. The summed E-state index contributed by atoms with van der Waals surface area (Å²) in [5.74, 6) is 2.00.